The molecule has 29 heavy (non-hydrogen) atoms. The maximum atomic E-state index is 12.6. The summed E-state index contributed by atoms with van der Waals surface area (Å²) in [6.45, 7) is 7.98. The van der Waals surface area contributed by atoms with Crippen LogP contribution >= 0.6 is 11.3 Å². The molecule has 0 radical (unpaired) electrons. The first-order chi connectivity index (χ1) is 13.7. The van der Waals surface area contributed by atoms with Crippen molar-refractivity contribution in [2.75, 3.05) is 38.6 Å². The van der Waals surface area contributed by atoms with Gasteiger partial charge in [-0.3, -0.25) is 14.4 Å². The highest BCUT2D eigenvalue weighted by Gasteiger charge is 2.32. The lowest BCUT2D eigenvalue weighted by Crippen LogP contribution is -2.42. The fraction of sp³-hybridized carbons (Fsp3) is 0.600. The van der Waals surface area contributed by atoms with E-state index in [1.807, 2.05) is 20.8 Å². The van der Waals surface area contributed by atoms with Gasteiger partial charge in [0.05, 0.1) is 12.1 Å². The zero-order valence-corrected chi connectivity index (χ0v) is 18.5. The molecule has 1 heterocycles. The number of nitrogens with one attached hydrogen (secondary N) is 1. The summed E-state index contributed by atoms with van der Waals surface area (Å²) in [6, 6.07) is 0. The van der Waals surface area contributed by atoms with Crippen molar-refractivity contribution in [2.24, 2.45) is 5.92 Å². The van der Waals surface area contributed by atoms with Crippen LogP contribution in [0.1, 0.15) is 47.5 Å². The number of aryl methyl sites for hydroxylation is 1. The second-order valence-electron chi connectivity index (χ2n) is 7.14. The second kappa shape index (κ2) is 9.87. The normalized spacial score (nSPS) is 13.0. The molecule has 3 amide bonds. The zero-order valence-electron chi connectivity index (χ0n) is 17.7. The first-order valence-electron chi connectivity index (χ1n) is 9.79. The molecule has 9 heteroatoms. The Hall–Kier alpha value is -2.42. The molecule has 0 aliphatic heterocycles. The molecule has 1 aromatic heterocycles. The van der Waals surface area contributed by atoms with Crippen LogP contribution in [0, 0.1) is 19.8 Å². The van der Waals surface area contributed by atoms with Gasteiger partial charge in [0.1, 0.15) is 5.00 Å². The van der Waals surface area contributed by atoms with Crippen molar-refractivity contribution in [1.29, 1.82) is 0 Å². The summed E-state index contributed by atoms with van der Waals surface area (Å²) >= 11 is 1.32. The van der Waals surface area contributed by atoms with Gasteiger partial charge in [0, 0.05) is 30.9 Å². The van der Waals surface area contributed by atoms with E-state index in [1.165, 1.54) is 23.3 Å². The third kappa shape index (κ3) is 5.79. The molecule has 0 aromatic carbocycles. The van der Waals surface area contributed by atoms with Gasteiger partial charge >= 0.3 is 5.97 Å². The Morgan fingerprint density at radius 3 is 2.28 bits per heavy atom. The minimum Gasteiger partial charge on any atom is -0.452 e. The minimum absolute atomic E-state index is 0.0140. The lowest BCUT2D eigenvalue weighted by atomic mass is 10.1. The van der Waals surface area contributed by atoms with Gasteiger partial charge in [-0.1, -0.05) is 0 Å². The molecule has 160 valence electrons. The molecule has 0 unspecified atom stereocenters. The molecule has 1 saturated carbocycles. The molecule has 1 aromatic rings. The van der Waals surface area contributed by atoms with Crippen molar-refractivity contribution in [1.82, 2.24) is 9.80 Å². The van der Waals surface area contributed by atoms with Crippen LogP contribution < -0.4 is 5.32 Å². The van der Waals surface area contributed by atoms with Crippen LogP contribution in [0.15, 0.2) is 0 Å². The highest BCUT2D eigenvalue weighted by atomic mass is 32.1. The summed E-state index contributed by atoms with van der Waals surface area (Å²) in [5.74, 6) is -1.36. The largest absolute Gasteiger partial charge is 0.452 e. The first-order valence-corrected chi connectivity index (χ1v) is 10.6. The van der Waals surface area contributed by atoms with E-state index in [1.54, 1.807) is 11.8 Å². The maximum Gasteiger partial charge on any atom is 0.341 e. The lowest BCUT2D eigenvalue weighted by molar-refractivity contribution is -0.140. The molecule has 0 saturated heterocycles. The highest BCUT2D eigenvalue weighted by molar-refractivity contribution is 7.16. The Bertz CT molecular complexity index is 796. The molecule has 8 nitrogen and oxygen atoms in total. The number of likely N-dealkylation sites (N-methyl/N-ethyl adjacent to an activating group) is 2. The van der Waals surface area contributed by atoms with Crippen molar-refractivity contribution in [3.63, 3.8) is 0 Å². The number of hydrogen-bond donors (Lipinski definition) is 1. The molecule has 1 aliphatic rings. The number of amides is 3. The molecule has 2 rings (SSSR count). The quantitative estimate of drug-likeness (QED) is 0.614. The SMILES string of the molecule is CCN(CC)C(=O)CN(C)C(=O)COC(=O)c1c(NC(=O)C2CC2)sc(C)c1C. The van der Waals surface area contributed by atoms with Crippen LogP contribution in [-0.2, 0) is 19.1 Å². The predicted octanol–water partition coefficient (Wildman–Crippen LogP) is 2.20. The highest BCUT2D eigenvalue weighted by Crippen LogP contribution is 2.36. The number of thiophene rings is 1. The summed E-state index contributed by atoms with van der Waals surface area (Å²) in [5, 5.41) is 3.27. The van der Waals surface area contributed by atoms with E-state index in [4.69, 9.17) is 4.74 Å². The smallest absolute Gasteiger partial charge is 0.341 e. The number of carbonyl (C=O) groups is 4. The van der Waals surface area contributed by atoms with Crippen molar-refractivity contribution < 1.29 is 23.9 Å². The van der Waals surface area contributed by atoms with Crippen molar-refractivity contribution in [3.8, 4) is 0 Å². The Kier molecular flexibility index (Phi) is 7.78. The second-order valence-corrected chi connectivity index (χ2v) is 8.37. The summed E-state index contributed by atoms with van der Waals surface area (Å²) in [4.78, 5) is 52.9. The first kappa shape index (κ1) is 22.9. The van der Waals surface area contributed by atoms with Crippen LogP contribution in [0.2, 0.25) is 0 Å². The van der Waals surface area contributed by atoms with Crippen LogP contribution in [0.3, 0.4) is 0 Å². The monoisotopic (exact) mass is 423 g/mol. The Labute approximate surface area is 175 Å². The van der Waals surface area contributed by atoms with Crippen molar-refractivity contribution in [3.05, 3.63) is 16.0 Å². The number of rotatable bonds is 9. The molecule has 0 spiro atoms. The third-order valence-corrected chi connectivity index (χ3v) is 6.14. The van der Waals surface area contributed by atoms with Crippen molar-refractivity contribution in [2.45, 2.75) is 40.5 Å². The van der Waals surface area contributed by atoms with Gasteiger partial charge in [-0.25, -0.2) is 4.79 Å². The van der Waals surface area contributed by atoms with E-state index in [0.717, 1.165) is 23.3 Å². The molecule has 0 atom stereocenters. The van der Waals surface area contributed by atoms with Crippen LogP contribution in [0.5, 0.6) is 0 Å². The van der Waals surface area contributed by atoms with E-state index in [9.17, 15) is 19.2 Å². The fourth-order valence-electron chi connectivity index (χ4n) is 2.80. The number of esters is 1. The Morgan fingerprint density at radius 1 is 1.10 bits per heavy atom. The number of hydrogen-bond acceptors (Lipinski definition) is 6. The van der Waals surface area contributed by atoms with Gasteiger partial charge in [0.25, 0.3) is 5.91 Å². The van der Waals surface area contributed by atoms with Crippen LogP contribution in [-0.4, -0.2) is 66.8 Å². The maximum absolute atomic E-state index is 12.6. The average Bonchev–Trinajstić information content (AvgIpc) is 3.48. The number of carbonyl (C=O) groups excluding carboxylic acids is 4. The van der Waals surface area contributed by atoms with Gasteiger partial charge in [-0.05, 0) is 46.1 Å². The van der Waals surface area contributed by atoms with Crippen LogP contribution in [0.4, 0.5) is 5.00 Å². The fourth-order valence-corrected chi connectivity index (χ4v) is 3.85. The summed E-state index contributed by atoms with van der Waals surface area (Å²) in [6.07, 6.45) is 1.73. The Morgan fingerprint density at radius 2 is 1.72 bits per heavy atom. The van der Waals surface area contributed by atoms with E-state index < -0.39 is 18.5 Å². The summed E-state index contributed by atoms with van der Waals surface area (Å²) < 4.78 is 5.20. The molecule has 1 aliphatic carbocycles. The predicted molar refractivity (Wildman–Crippen MR) is 111 cm³/mol. The number of anilines is 1. The van der Waals surface area contributed by atoms with E-state index in [-0.39, 0.29) is 29.8 Å². The van der Waals surface area contributed by atoms with E-state index >= 15 is 0 Å². The summed E-state index contributed by atoms with van der Waals surface area (Å²) in [7, 11) is 1.50. The van der Waals surface area contributed by atoms with Crippen LogP contribution in [0.25, 0.3) is 0 Å². The molecule has 1 N–H and O–H groups in total. The molecular formula is C20H29N3O5S. The standard InChI is InChI=1S/C20H29N3O5S/c1-6-23(7-2)15(24)10-22(5)16(25)11-28-20(27)17-12(3)13(4)29-19(17)21-18(26)14-8-9-14/h14H,6-11H2,1-5H3,(H,21,26). The molecular weight excluding hydrogens is 394 g/mol. The average molecular weight is 424 g/mol. The van der Waals surface area contributed by atoms with Gasteiger partial charge in [0.15, 0.2) is 6.61 Å². The van der Waals surface area contributed by atoms with Gasteiger partial charge in [0.2, 0.25) is 11.8 Å². The third-order valence-electron chi connectivity index (χ3n) is 5.02. The summed E-state index contributed by atoms with van der Waals surface area (Å²) in [5.41, 5.74) is 1.01. The molecule has 1 fully saturated rings. The van der Waals surface area contributed by atoms with Gasteiger partial charge in [-0.15, -0.1) is 11.3 Å². The van der Waals surface area contributed by atoms with Crippen molar-refractivity contribution >= 4 is 40.0 Å². The van der Waals surface area contributed by atoms with E-state index in [2.05, 4.69) is 5.32 Å². The zero-order chi connectivity index (χ0) is 21.7. The number of ether oxygens (including phenoxy) is 1. The molecule has 0 bridgehead atoms. The lowest BCUT2D eigenvalue weighted by Gasteiger charge is -2.23. The van der Waals surface area contributed by atoms with E-state index in [0.29, 0.717) is 18.1 Å². The number of nitrogens with zero attached hydrogens (tertiary/aromatic N) is 2. The van der Waals surface area contributed by atoms with Gasteiger partial charge < -0.3 is 19.9 Å². The van der Waals surface area contributed by atoms with Gasteiger partial charge in [-0.2, -0.15) is 0 Å². The Balaban J connectivity index is 1.97. The topological polar surface area (TPSA) is 96.0 Å². The minimum atomic E-state index is -0.658.